The number of ether oxygens (including phenoxy) is 1. The van der Waals surface area contributed by atoms with Gasteiger partial charge in [-0.25, -0.2) is 8.42 Å². The van der Waals surface area contributed by atoms with Gasteiger partial charge in [-0.2, -0.15) is 0 Å². The number of nitrogens with one attached hydrogen (secondary N) is 1. The van der Waals surface area contributed by atoms with Gasteiger partial charge in [-0.1, -0.05) is 29.8 Å². The highest BCUT2D eigenvalue weighted by molar-refractivity contribution is 7.92. The second-order valence-corrected chi connectivity index (χ2v) is 8.35. The molecule has 2 rings (SSSR count). The number of carbonyl (C=O) groups is 1. The summed E-state index contributed by atoms with van der Waals surface area (Å²) >= 11 is 5.84. The lowest BCUT2D eigenvalue weighted by Gasteiger charge is -2.22. The molecule has 0 aliphatic rings. The first kappa shape index (κ1) is 21.1. The molecule has 1 amide bonds. The van der Waals surface area contributed by atoms with E-state index in [4.69, 9.17) is 16.3 Å². The van der Waals surface area contributed by atoms with Gasteiger partial charge in [0.05, 0.1) is 19.1 Å². The van der Waals surface area contributed by atoms with E-state index in [2.05, 4.69) is 5.32 Å². The lowest BCUT2D eigenvalue weighted by molar-refractivity contribution is -0.119. The summed E-state index contributed by atoms with van der Waals surface area (Å²) in [7, 11) is -1.97. The first-order chi connectivity index (χ1) is 12.8. The summed E-state index contributed by atoms with van der Waals surface area (Å²) in [4.78, 5) is 12.2. The van der Waals surface area contributed by atoms with Crippen molar-refractivity contribution in [2.24, 2.45) is 0 Å². The van der Waals surface area contributed by atoms with Crippen molar-refractivity contribution in [1.29, 1.82) is 0 Å². The normalized spacial score (nSPS) is 11.1. The third-order valence-electron chi connectivity index (χ3n) is 3.94. The van der Waals surface area contributed by atoms with Crippen molar-refractivity contribution in [1.82, 2.24) is 5.32 Å². The molecule has 0 unspecified atom stereocenters. The van der Waals surface area contributed by atoms with Crippen molar-refractivity contribution in [2.75, 3.05) is 30.8 Å². The zero-order chi connectivity index (χ0) is 19.9. The van der Waals surface area contributed by atoms with Crippen LogP contribution in [0, 0.1) is 0 Å². The summed E-state index contributed by atoms with van der Waals surface area (Å²) in [6, 6.07) is 14.0. The number of rotatable bonds is 9. The maximum absolute atomic E-state index is 12.2. The van der Waals surface area contributed by atoms with Crippen LogP contribution in [0.3, 0.4) is 0 Å². The van der Waals surface area contributed by atoms with Crippen LogP contribution in [0.5, 0.6) is 5.75 Å². The van der Waals surface area contributed by atoms with Gasteiger partial charge in [-0.15, -0.1) is 0 Å². The van der Waals surface area contributed by atoms with E-state index >= 15 is 0 Å². The third kappa shape index (κ3) is 6.45. The summed E-state index contributed by atoms with van der Waals surface area (Å²) in [5.74, 6) is 0.449. The Balaban J connectivity index is 1.90. The van der Waals surface area contributed by atoms with Gasteiger partial charge in [-0.05, 0) is 48.7 Å². The molecule has 6 nitrogen and oxygen atoms in total. The zero-order valence-corrected chi connectivity index (χ0v) is 16.9. The maximum atomic E-state index is 12.2. The van der Waals surface area contributed by atoms with Crippen molar-refractivity contribution in [3.63, 3.8) is 0 Å². The van der Waals surface area contributed by atoms with Crippen LogP contribution in [0.2, 0.25) is 5.02 Å². The largest absolute Gasteiger partial charge is 0.496 e. The number of aryl methyl sites for hydroxylation is 1. The zero-order valence-electron chi connectivity index (χ0n) is 15.3. The number of hydrogen-bond acceptors (Lipinski definition) is 4. The van der Waals surface area contributed by atoms with Crippen LogP contribution in [-0.4, -0.2) is 40.8 Å². The molecule has 0 aliphatic carbocycles. The number of halogens is 1. The van der Waals surface area contributed by atoms with Crippen molar-refractivity contribution in [2.45, 2.75) is 12.8 Å². The van der Waals surface area contributed by atoms with Crippen molar-refractivity contribution >= 4 is 33.2 Å². The van der Waals surface area contributed by atoms with Crippen LogP contribution < -0.4 is 14.4 Å². The predicted molar refractivity (Wildman–Crippen MR) is 108 cm³/mol. The molecule has 0 aliphatic heterocycles. The number of carbonyl (C=O) groups excluding carboxylic acids is 1. The molecule has 27 heavy (non-hydrogen) atoms. The fourth-order valence-electron chi connectivity index (χ4n) is 2.61. The number of nitrogens with zero attached hydrogens (tertiary/aromatic N) is 1. The highest BCUT2D eigenvalue weighted by Gasteiger charge is 2.20. The van der Waals surface area contributed by atoms with Crippen molar-refractivity contribution in [3.05, 3.63) is 59.1 Å². The minimum absolute atomic E-state index is 0.283. The van der Waals surface area contributed by atoms with E-state index in [-0.39, 0.29) is 12.5 Å². The van der Waals surface area contributed by atoms with Gasteiger partial charge in [0, 0.05) is 11.6 Å². The molecule has 0 heterocycles. The van der Waals surface area contributed by atoms with E-state index in [9.17, 15) is 13.2 Å². The topological polar surface area (TPSA) is 75.7 Å². The minimum Gasteiger partial charge on any atom is -0.496 e. The van der Waals surface area contributed by atoms with E-state index in [1.807, 2.05) is 24.3 Å². The fourth-order valence-corrected chi connectivity index (χ4v) is 3.59. The number of amides is 1. The molecule has 0 saturated carbocycles. The molecular weight excluding hydrogens is 388 g/mol. The summed E-state index contributed by atoms with van der Waals surface area (Å²) in [6.07, 6.45) is 2.53. The van der Waals surface area contributed by atoms with Gasteiger partial charge in [0.2, 0.25) is 15.9 Å². The van der Waals surface area contributed by atoms with Gasteiger partial charge < -0.3 is 10.1 Å². The van der Waals surface area contributed by atoms with Gasteiger partial charge >= 0.3 is 0 Å². The van der Waals surface area contributed by atoms with Crippen molar-refractivity contribution in [3.8, 4) is 5.75 Å². The molecule has 8 heteroatoms. The second-order valence-electron chi connectivity index (χ2n) is 6.01. The average Bonchev–Trinajstić information content (AvgIpc) is 2.63. The average molecular weight is 411 g/mol. The van der Waals surface area contributed by atoms with Gasteiger partial charge in [0.25, 0.3) is 0 Å². The standard InChI is InChI=1S/C19H23ClN2O4S/c1-26-18-8-4-3-6-15(18)7-5-13-21-19(23)14-22(27(2,24)25)17-11-9-16(20)10-12-17/h3-4,6,8-12H,5,7,13-14H2,1-2H3,(H,21,23). The quantitative estimate of drug-likeness (QED) is 0.645. The Morgan fingerprint density at radius 2 is 1.81 bits per heavy atom. The molecule has 0 saturated heterocycles. The molecule has 1 N–H and O–H groups in total. The number of hydrogen-bond donors (Lipinski definition) is 1. The highest BCUT2D eigenvalue weighted by Crippen LogP contribution is 2.20. The summed E-state index contributed by atoms with van der Waals surface area (Å²) in [5.41, 5.74) is 1.46. The van der Waals surface area contributed by atoms with Gasteiger partial charge in [0.15, 0.2) is 0 Å². The van der Waals surface area contributed by atoms with Gasteiger partial charge in [0.1, 0.15) is 12.3 Å². The Kier molecular flexibility index (Phi) is 7.50. The van der Waals surface area contributed by atoms with E-state index < -0.39 is 10.0 Å². The number of sulfonamides is 1. The Morgan fingerprint density at radius 1 is 1.15 bits per heavy atom. The first-order valence-electron chi connectivity index (χ1n) is 8.43. The minimum atomic E-state index is -3.60. The molecule has 146 valence electrons. The van der Waals surface area contributed by atoms with Crippen molar-refractivity contribution < 1.29 is 17.9 Å². The first-order valence-corrected chi connectivity index (χ1v) is 10.7. The summed E-state index contributed by atoms with van der Waals surface area (Å²) < 4.78 is 30.4. The van der Waals surface area contributed by atoms with E-state index in [0.717, 1.165) is 28.3 Å². The molecule has 2 aromatic carbocycles. The lowest BCUT2D eigenvalue weighted by Crippen LogP contribution is -2.40. The monoisotopic (exact) mass is 410 g/mol. The van der Waals surface area contributed by atoms with Crippen LogP contribution >= 0.6 is 11.6 Å². The van der Waals surface area contributed by atoms with Crippen LogP contribution in [0.25, 0.3) is 0 Å². The molecule has 0 aromatic heterocycles. The molecule has 0 radical (unpaired) electrons. The Labute approximate surface area is 165 Å². The number of para-hydroxylation sites is 1. The SMILES string of the molecule is COc1ccccc1CCCNC(=O)CN(c1ccc(Cl)cc1)S(C)(=O)=O. The lowest BCUT2D eigenvalue weighted by atomic mass is 10.1. The number of methoxy groups -OCH3 is 1. The predicted octanol–water partition coefficient (Wildman–Crippen LogP) is 2.86. The highest BCUT2D eigenvalue weighted by atomic mass is 35.5. The Bertz CT molecular complexity index is 870. The third-order valence-corrected chi connectivity index (χ3v) is 5.33. The molecule has 0 atom stereocenters. The molecule has 0 spiro atoms. The molecule has 2 aromatic rings. The van der Waals surface area contributed by atoms with E-state index in [1.165, 1.54) is 0 Å². The number of anilines is 1. The summed E-state index contributed by atoms with van der Waals surface area (Å²) in [5, 5.41) is 3.26. The van der Waals surface area contributed by atoms with E-state index in [0.29, 0.717) is 23.7 Å². The van der Waals surface area contributed by atoms with Crippen LogP contribution in [-0.2, 0) is 21.2 Å². The van der Waals surface area contributed by atoms with Crippen LogP contribution in [0.1, 0.15) is 12.0 Å². The van der Waals surface area contributed by atoms with Crippen LogP contribution in [0.4, 0.5) is 5.69 Å². The number of benzene rings is 2. The second kappa shape index (κ2) is 9.62. The smallest absolute Gasteiger partial charge is 0.240 e. The Hall–Kier alpha value is -2.25. The van der Waals surface area contributed by atoms with Crippen LogP contribution in [0.15, 0.2) is 48.5 Å². The maximum Gasteiger partial charge on any atom is 0.240 e. The molecule has 0 bridgehead atoms. The Morgan fingerprint density at radius 3 is 2.44 bits per heavy atom. The summed E-state index contributed by atoms with van der Waals surface area (Å²) in [6.45, 7) is 0.157. The molecular formula is C19H23ClN2O4S. The van der Waals surface area contributed by atoms with E-state index in [1.54, 1.807) is 31.4 Å². The van der Waals surface area contributed by atoms with Gasteiger partial charge in [-0.3, -0.25) is 9.10 Å². The molecule has 0 fully saturated rings. The fraction of sp³-hybridized carbons (Fsp3) is 0.316.